The Labute approximate surface area is 153 Å². The molecule has 1 unspecified atom stereocenters. The van der Waals surface area contributed by atoms with E-state index >= 15 is 0 Å². The Morgan fingerprint density at radius 2 is 1.00 bits per heavy atom. The lowest BCUT2D eigenvalue weighted by atomic mass is 9.78. The molecule has 1 atom stereocenters. The van der Waals surface area contributed by atoms with Crippen LogP contribution in [-0.2, 0) is 5.41 Å². The van der Waals surface area contributed by atoms with Gasteiger partial charge < -0.3 is 0 Å². The van der Waals surface area contributed by atoms with E-state index in [9.17, 15) is 0 Å². The summed E-state index contributed by atoms with van der Waals surface area (Å²) in [5.41, 5.74) is 4.25. The van der Waals surface area contributed by atoms with E-state index in [0.717, 1.165) is 0 Å². The van der Waals surface area contributed by atoms with E-state index in [1.165, 1.54) is 23.1 Å². The zero-order valence-electron chi connectivity index (χ0n) is 15.9. The van der Waals surface area contributed by atoms with Crippen molar-refractivity contribution in [1.29, 1.82) is 0 Å². The second-order valence-electron chi connectivity index (χ2n) is 7.08. The van der Waals surface area contributed by atoms with Crippen LogP contribution < -0.4 is 0 Å². The molecule has 0 bridgehead atoms. The average molecular weight is 331 g/mol. The van der Waals surface area contributed by atoms with Gasteiger partial charge in [-0.05, 0) is 29.0 Å². The molecular formula is C25H30. The van der Waals surface area contributed by atoms with Gasteiger partial charge in [-0.2, -0.15) is 0 Å². The molecule has 0 nitrogen and oxygen atoms in total. The average Bonchev–Trinajstić information content (AvgIpc) is 2.70. The second-order valence-corrected chi connectivity index (χ2v) is 7.08. The molecule has 3 aromatic rings. The lowest BCUT2D eigenvalue weighted by molar-refractivity contribution is 0.641. The maximum Gasteiger partial charge on any atom is 0.0146 e. The molecule has 0 aliphatic carbocycles. The monoisotopic (exact) mass is 330 g/mol. The van der Waals surface area contributed by atoms with E-state index in [-0.39, 0.29) is 5.41 Å². The van der Waals surface area contributed by atoms with E-state index in [4.69, 9.17) is 0 Å². The predicted octanol–water partition coefficient (Wildman–Crippen LogP) is 7.21. The largest absolute Gasteiger partial charge is 0.0648 e. The van der Waals surface area contributed by atoms with E-state index in [0.29, 0.717) is 5.92 Å². The number of benzene rings is 3. The molecule has 0 aliphatic heterocycles. The minimum absolute atomic E-state index is 0.0858. The SMILES string of the molecule is CC(C)(c1ccccc1)c1ccccc1.CCC(C)c1ccccc1. The maximum atomic E-state index is 2.26. The summed E-state index contributed by atoms with van der Waals surface area (Å²) in [6, 6.07) is 31.9. The van der Waals surface area contributed by atoms with Crippen molar-refractivity contribution < 1.29 is 0 Å². The molecule has 0 saturated carbocycles. The fourth-order valence-corrected chi connectivity index (χ4v) is 2.89. The summed E-state index contributed by atoms with van der Waals surface area (Å²) in [5, 5.41) is 0. The molecule has 0 spiro atoms. The lowest BCUT2D eigenvalue weighted by Gasteiger charge is -2.25. The van der Waals surface area contributed by atoms with Crippen molar-refractivity contribution in [2.75, 3.05) is 0 Å². The number of hydrogen-bond acceptors (Lipinski definition) is 0. The van der Waals surface area contributed by atoms with Gasteiger partial charge in [0.25, 0.3) is 0 Å². The Bertz CT molecular complexity index is 670. The molecule has 3 rings (SSSR count). The third kappa shape index (κ3) is 5.32. The molecule has 0 N–H and O–H groups in total. The highest BCUT2D eigenvalue weighted by Crippen LogP contribution is 2.30. The standard InChI is InChI=1S/C15H16.C10H14/c1-15(2,13-9-5-3-6-10-13)14-11-7-4-8-12-14;1-3-9(2)10-7-5-4-6-8-10/h3-12H,1-2H3;4-9H,3H2,1-2H3. The number of hydrogen-bond donors (Lipinski definition) is 0. The highest BCUT2D eigenvalue weighted by atomic mass is 14.2. The highest BCUT2D eigenvalue weighted by Gasteiger charge is 2.21. The summed E-state index contributed by atoms with van der Waals surface area (Å²) in [5.74, 6) is 0.709. The van der Waals surface area contributed by atoms with Crippen LogP contribution in [0.2, 0.25) is 0 Å². The first-order valence-electron chi connectivity index (χ1n) is 9.21. The fraction of sp³-hybridized carbons (Fsp3) is 0.280. The third-order valence-electron chi connectivity index (χ3n) is 4.97. The maximum absolute atomic E-state index is 2.26. The van der Waals surface area contributed by atoms with E-state index in [2.05, 4.69) is 119 Å². The van der Waals surface area contributed by atoms with Gasteiger partial charge in [0.15, 0.2) is 0 Å². The molecule has 0 heterocycles. The topological polar surface area (TPSA) is 0 Å². The molecular weight excluding hydrogens is 300 g/mol. The van der Waals surface area contributed by atoms with Gasteiger partial charge in [-0.25, -0.2) is 0 Å². The first kappa shape index (κ1) is 19.0. The summed E-state index contributed by atoms with van der Waals surface area (Å²) in [6.45, 7) is 9.00. The Morgan fingerprint density at radius 1 is 0.640 bits per heavy atom. The van der Waals surface area contributed by atoms with Crippen molar-refractivity contribution in [3.8, 4) is 0 Å². The highest BCUT2D eigenvalue weighted by molar-refractivity contribution is 5.36. The van der Waals surface area contributed by atoms with Crippen molar-refractivity contribution in [2.24, 2.45) is 0 Å². The van der Waals surface area contributed by atoms with Crippen molar-refractivity contribution >= 4 is 0 Å². The fourth-order valence-electron chi connectivity index (χ4n) is 2.89. The molecule has 3 aromatic carbocycles. The summed E-state index contributed by atoms with van der Waals surface area (Å²) in [4.78, 5) is 0. The normalized spacial score (nSPS) is 12.0. The van der Waals surface area contributed by atoms with Crippen molar-refractivity contribution in [2.45, 2.75) is 45.4 Å². The van der Waals surface area contributed by atoms with Crippen molar-refractivity contribution in [3.63, 3.8) is 0 Å². The molecule has 0 fully saturated rings. The zero-order chi connectivity index (χ0) is 18.1. The van der Waals surface area contributed by atoms with Gasteiger partial charge in [0.1, 0.15) is 0 Å². The van der Waals surface area contributed by atoms with Crippen LogP contribution in [0.3, 0.4) is 0 Å². The van der Waals surface area contributed by atoms with Crippen LogP contribution in [-0.4, -0.2) is 0 Å². The van der Waals surface area contributed by atoms with Gasteiger partial charge in [0.2, 0.25) is 0 Å². The van der Waals surface area contributed by atoms with Crippen LogP contribution >= 0.6 is 0 Å². The van der Waals surface area contributed by atoms with Gasteiger partial charge in [0.05, 0.1) is 0 Å². The quantitative estimate of drug-likeness (QED) is 0.474. The summed E-state index contributed by atoms with van der Waals surface area (Å²) in [7, 11) is 0. The molecule has 130 valence electrons. The van der Waals surface area contributed by atoms with Crippen LogP contribution in [0.5, 0.6) is 0 Å². The zero-order valence-corrected chi connectivity index (χ0v) is 15.9. The van der Waals surface area contributed by atoms with Gasteiger partial charge in [-0.15, -0.1) is 0 Å². The molecule has 0 heteroatoms. The van der Waals surface area contributed by atoms with Crippen LogP contribution in [0, 0.1) is 0 Å². The van der Waals surface area contributed by atoms with E-state index < -0.39 is 0 Å². The molecule has 0 amide bonds. The Hall–Kier alpha value is -2.34. The van der Waals surface area contributed by atoms with E-state index in [1.54, 1.807) is 0 Å². The van der Waals surface area contributed by atoms with Crippen molar-refractivity contribution in [1.82, 2.24) is 0 Å². The molecule has 25 heavy (non-hydrogen) atoms. The first-order valence-corrected chi connectivity index (χ1v) is 9.21. The molecule has 0 aliphatic rings. The summed E-state index contributed by atoms with van der Waals surface area (Å²) >= 11 is 0. The van der Waals surface area contributed by atoms with Crippen LogP contribution in [0.1, 0.15) is 56.7 Å². The second kappa shape index (κ2) is 9.22. The Kier molecular flexibility index (Phi) is 7.01. The molecule has 0 radical (unpaired) electrons. The number of rotatable bonds is 4. The predicted molar refractivity (Wildman–Crippen MR) is 110 cm³/mol. The minimum atomic E-state index is 0.0858. The van der Waals surface area contributed by atoms with Gasteiger partial charge in [0, 0.05) is 5.41 Å². The summed E-state index contributed by atoms with van der Waals surface area (Å²) < 4.78 is 0. The first-order chi connectivity index (χ1) is 12.1. The summed E-state index contributed by atoms with van der Waals surface area (Å²) in [6.07, 6.45) is 1.23. The third-order valence-corrected chi connectivity index (χ3v) is 4.97. The Morgan fingerprint density at radius 3 is 1.36 bits per heavy atom. The van der Waals surface area contributed by atoms with Crippen LogP contribution in [0.4, 0.5) is 0 Å². The van der Waals surface area contributed by atoms with Gasteiger partial charge in [-0.3, -0.25) is 0 Å². The van der Waals surface area contributed by atoms with E-state index in [1.807, 2.05) is 0 Å². The van der Waals surface area contributed by atoms with Crippen LogP contribution in [0.15, 0.2) is 91.0 Å². The van der Waals surface area contributed by atoms with Gasteiger partial charge >= 0.3 is 0 Å². The Balaban J connectivity index is 0.000000196. The molecule has 0 aromatic heterocycles. The van der Waals surface area contributed by atoms with Gasteiger partial charge in [-0.1, -0.05) is 119 Å². The van der Waals surface area contributed by atoms with Crippen LogP contribution in [0.25, 0.3) is 0 Å². The van der Waals surface area contributed by atoms with Crippen molar-refractivity contribution in [3.05, 3.63) is 108 Å². The minimum Gasteiger partial charge on any atom is -0.0648 e. The lowest BCUT2D eigenvalue weighted by Crippen LogP contribution is -2.18. The molecule has 0 saturated heterocycles. The smallest absolute Gasteiger partial charge is 0.0146 e.